The quantitative estimate of drug-likeness (QED) is 0.515. The van der Waals surface area contributed by atoms with Crippen molar-refractivity contribution in [3.05, 3.63) is 42.0 Å². The van der Waals surface area contributed by atoms with E-state index >= 15 is 0 Å². The molecule has 0 spiro atoms. The number of hydrogen-bond donors (Lipinski definition) is 1. The van der Waals surface area contributed by atoms with Crippen molar-refractivity contribution in [3.8, 4) is 0 Å². The molecule has 4 aliphatic rings. The summed E-state index contributed by atoms with van der Waals surface area (Å²) in [6.07, 6.45) is 7.97. The number of hydrogen-bond acceptors (Lipinski definition) is 3. The van der Waals surface area contributed by atoms with Crippen LogP contribution in [-0.4, -0.2) is 56.3 Å². The van der Waals surface area contributed by atoms with Gasteiger partial charge in [0.05, 0.1) is 12.2 Å². The molecule has 0 amide bonds. The number of aliphatic imine (C=N–C) groups is 1. The molecule has 1 N–H and O–H groups in total. The molecule has 2 bridgehead atoms. The second-order valence-electron chi connectivity index (χ2n) is 7.97. The topological polar surface area (TPSA) is 40.1 Å². The molecule has 26 heavy (non-hydrogen) atoms. The Balaban J connectivity index is 1.21. The Bertz CT molecular complexity index is 704. The number of benzene rings is 1. The summed E-state index contributed by atoms with van der Waals surface area (Å²) in [5.41, 5.74) is 2.60. The third kappa shape index (κ3) is 2.78. The first-order valence-corrected chi connectivity index (χ1v) is 9.92. The smallest absolute Gasteiger partial charge is 0.193 e. The first-order valence-electron chi connectivity index (χ1n) is 9.92. The van der Waals surface area contributed by atoms with Gasteiger partial charge in [0.1, 0.15) is 0 Å². The van der Waals surface area contributed by atoms with Crippen LogP contribution in [0.15, 0.2) is 41.4 Å². The molecule has 5 heteroatoms. The van der Waals surface area contributed by atoms with Gasteiger partial charge in [0, 0.05) is 57.3 Å². The second kappa shape index (κ2) is 6.62. The van der Waals surface area contributed by atoms with E-state index in [4.69, 9.17) is 4.74 Å². The van der Waals surface area contributed by atoms with E-state index in [9.17, 15) is 0 Å². The summed E-state index contributed by atoms with van der Waals surface area (Å²) in [6.45, 7) is 5.02. The van der Waals surface area contributed by atoms with Crippen molar-refractivity contribution >= 4 is 11.6 Å². The monoisotopic (exact) mass is 352 g/mol. The maximum absolute atomic E-state index is 6.10. The summed E-state index contributed by atoms with van der Waals surface area (Å²) in [5.74, 6) is 2.45. The largest absolute Gasteiger partial charge is 0.374 e. The molecular formula is C21H28N4O. The van der Waals surface area contributed by atoms with Gasteiger partial charge in [0.15, 0.2) is 5.96 Å². The average molecular weight is 352 g/mol. The van der Waals surface area contributed by atoms with Gasteiger partial charge in [-0.05, 0) is 30.5 Å². The Morgan fingerprint density at radius 1 is 1.15 bits per heavy atom. The number of fused-ring (bicyclic) bond motifs is 5. The fraction of sp³-hybridized carbons (Fsp3) is 0.571. The summed E-state index contributed by atoms with van der Waals surface area (Å²) in [5, 5.41) is 3.59. The van der Waals surface area contributed by atoms with E-state index in [0.29, 0.717) is 24.0 Å². The lowest BCUT2D eigenvalue weighted by Gasteiger charge is -2.24. The molecule has 4 unspecified atom stereocenters. The molecule has 0 saturated carbocycles. The van der Waals surface area contributed by atoms with Crippen molar-refractivity contribution in [2.24, 2.45) is 16.8 Å². The Hall–Kier alpha value is -2.01. The summed E-state index contributed by atoms with van der Waals surface area (Å²) >= 11 is 0. The Morgan fingerprint density at radius 3 is 2.58 bits per heavy atom. The van der Waals surface area contributed by atoms with Crippen molar-refractivity contribution < 1.29 is 4.74 Å². The van der Waals surface area contributed by atoms with Gasteiger partial charge in [-0.25, -0.2) is 0 Å². The van der Waals surface area contributed by atoms with Crippen molar-refractivity contribution in [1.29, 1.82) is 0 Å². The Labute approximate surface area is 155 Å². The van der Waals surface area contributed by atoms with Crippen LogP contribution >= 0.6 is 0 Å². The summed E-state index contributed by atoms with van der Waals surface area (Å²) in [6, 6.07) is 8.84. The van der Waals surface area contributed by atoms with Crippen LogP contribution in [0.5, 0.6) is 0 Å². The van der Waals surface area contributed by atoms with Gasteiger partial charge < -0.3 is 19.9 Å². The van der Waals surface area contributed by atoms with Gasteiger partial charge in [-0.3, -0.25) is 4.99 Å². The lowest BCUT2D eigenvalue weighted by molar-refractivity contribution is 0.0767. The predicted octanol–water partition coefficient (Wildman–Crippen LogP) is 2.25. The van der Waals surface area contributed by atoms with Gasteiger partial charge in [0.25, 0.3) is 0 Å². The Morgan fingerprint density at radius 2 is 1.88 bits per heavy atom. The van der Waals surface area contributed by atoms with Crippen LogP contribution < -0.4 is 10.2 Å². The van der Waals surface area contributed by atoms with Crippen molar-refractivity contribution in [3.63, 3.8) is 0 Å². The minimum Gasteiger partial charge on any atom is -0.374 e. The molecule has 3 saturated heterocycles. The molecular weight excluding hydrogens is 324 g/mol. The van der Waals surface area contributed by atoms with E-state index in [-0.39, 0.29) is 0 Å². The zero-order chi connectivity index (χ0) is 17.5. The molecule has 138 valence electrons. The summed E-state index contributed by atoms with van der Waals surface area (Å²) in [4.78, 5) is 9.38. The molecule has 0 radical (unpaired) electrons. The van der Waals surface area contributed by atoms with Gasteiger partial charge in [-0.15, -0.1) is 0 Å². The van der Waals surface area contributed by atoms with Crippen LogP contribution in [0.1, 0.15) is 18.4 Å². The molecule has 4 aliphatic heterocycles. The van der Waals surface area contributed by atoms with Crippen molar-refractivity contribution in [2.45, 2.75) is 31.6 Å². The van der Waals surface area contributed by atoms with Crippen molar-refractivity contribution in [1.82, 2.24) is 10.2 Å². The highest BCUT2D eigenvalue weighted by atomic mass is 16.5. The van der Waals surface area contributed by atoms with Gasteiger partial charge >= 0.3 is 0 Å². The molecule has 0 aliphatic carbocycles. The van der Waals surface area contributed by atoms with E-state index in [0.717, 1.165) is 38.7 Å². The Kier molecular flexibility index (Phi) is 4.12. The molecule has 0 aromatic heterocycles. The van der Waals surface area contributed by atoms with Crippen LogP contribution in [0.25, 0.3) is 0 Å². The summed E-state index contributed by atoms with van der Waals surface area (Å²) < 4.78 is 6.10. The fourth-order valence-electron chi connectivity index (χ4n) is 5.20. The van der Waals surface area contributed by atoms with E-state index in [2.05, 4.69) is 56.5 Å². The highest BCUT2D eigenvalue weighted by Crippen LogP contribution is 2.47. The van der Waals surface area contributed by atoms with E-state index < -0.39 is 0 Å². The molecule has 1 aromatic carbocycles. The van der Waals surface area contributed by atoms with Gasteiger partial charge in [-0.2, -0.15) is 0 Å². The predicted molar refractivity (Wildman–Crippen MR) is 104 cm³/mol. The summed E-state index contributed by atoms with van der Waals surface area (Å²) in [7, 11) is 1.90. The fourth-order valence-corrected chi connectivity index (χ4v) is 5.20. The molecule has 5 nitrogen and oxygen atoms in total. The highest BCUT2D eigenvalue weighted by Gasteiger charge is 2.53. The molecule has 4 heterocycles. The van der Waals surface area contributed by atoms with Crippen LogP contribution in [0.3, 0.4) is 0 Å². The molecule has 3 fully saturated rings. The molecule has 1 aromatic rings. The first-order chi connectivity index (χ1) is 12.8. The number of ether oxygens (including phenoxy) is 1. The number of likely N-dealkylation sites (tertiary alicyclic amines) is 1. The number of anilines is 1. The standard InChI is InChI=1S/C21H28N4O/c1-22-21(25-13-17-18(14-25)20-8-7-19(17)26-20)23-12-15-5-4-6-16(11-15)24-9-2-3-10-24/h2-6,11,17-20H,7-10,12-14H2,1H3,(H,22,23). The van der Waals surface area contributed by atoms with Crippen LogP contribution in [0.2, 0.25) is 0 Å². The third-order valence-electron chi connectivity index (χ3n) is 6.51. The maximum Gasteiger partial charge on any atom is 0.193 e. The third-order valence-corrected chi connectivity index (χ3v) is 6.51. The number of guanidine groups is 1. The first kappa shape index (κ1) is 16.2. The van der Waals surface area contributed by atoms with Crippen LogP contribution in [0.4, 0.5) is 5.69 Å². The number of rotatable bonds is 3. The maximum atomic E-state index is 6.10. The highest BCUT2D eigenvalue weighted by molar-refractivity contribution is 5.80. The average Bonchev–Trinajstić information content (AvgIpc) is 3.44. The van der Waals surface area contributed by atoms with Crippen molar-refractivity contribution in [2.75, 3.05) is 38.1 Å². The zero-order valence-corrected chi connectivity index (χ0v) is 15.5. The molecule has 4 atom stereocenters. The minimum atomic E-state index is 0.499. The molecule has 5 rings (SSSR count). The van der Waals surface area contributed by atoms with E-state index in [1.807, 2.05) is 7.05 Å². The minimum absolute atomic E-state index is 0.499. The van der Waals surface area contributed by atoms with E-state index in [1.165, 1.54) is 24.1 Å². The lowest BCUT2D eigenvalue weighted by atomic mass is 9.82. The van der Waals surface area contributed by atoms with E-state index in [1.54, 1.807) is 0 Å². The number of nitrogens with one attached hydrogen (secondary N) is 1. The van der Waals surface area contributed by atoms with Crippen LogP contribution in [-0.2, 0) is 11.3 Å². The SMILES string of the molecule is CN=C(NCc1cccc(N2CC=CC2)c1)N1CC2C3CCC(O3)C2C1. The normalized spacial score (nSPS) is 32.6. The second-order valence-corrected chi connectivity index (χ2v) is 7.97. The van der Waals surface area contributed by atoms with Gasteiger partial charge in [-0.1, -0.05) is 24.3 Å². The zero-order valence-electron chi connectivity index (χ0n) is 15.5. The van der Waals surface area contributed by atoms with Gasteiger partial charge in [0.2, 0.25) is 0 Å². The van der Waals surface area contributed by atoms with Crippen LogP contribution in [0, 0.1) is 11.8 Å². The number of nitrogens with zero attached hydrogens (tertiary/aromatic N) is 3. The lowest BCUT2D eigenvalue weighted by Crippen LogP contribution is -2.41.